The van der Waals surface area contributed by atoms with Gasteiger partial charge in [-0.2, -0.15) is 0 Å². The molecule has 16 heavy (non-hydrogen) atoms. The molecule has 0 saturated carbocycles. The molecule has 0 amide bonds. The van der Waals surface area contributed by atoms with Crippen molar-refractivity contribution in [1.29, 1.82) is 0 Å². The van der Waals surface area contributed by atoms with Crippen LogP contribution >= 0.6 is 11.6 Å². The van der Waals surface area contributed by atoms with Gasteiger partial charge >= 0.3 is 5.97 Å². The van der Waals surface area contributed by atoms with Gasteiger partial charge in [-0.25, -0.2) is 9.78 Å². The second kappa shape index (κ2) is 3.68. The van der Waals surface area contributed by atoms with Gasteiger partial charge in [0.25, 0.3) is 0 Å². The highest BCUT2D eigenvalue weighted by Gasteiger charge is 2.18. The molecule has 0 aromatic carbocycles. The summed E-state index contributed by atoms with van der Waals surface area (Å²) in [5.74, 6) is -0.463. The van der Waals surface area contributed by atoms with Gasteiger partial charge in [0.2, 0.25) is 5.82 Å². The monoisotopic (exact) mass is 239 g/mol. The van der Waals surface area contributed by atoms with Gasteiger partial charge in [-0.15, -0.1) is 0 Å². The van der Waals surface area contributed by atoms with Crippen LogP contribution in [0, 0.1) is 0 Å². The maximum atomic E-state index is 11.0. The number of anilines is 1. The molecule has 0 aliphatic rings. The maximum absolute atomic E-state index is 11.0. The van der Waals surface area contributed by atoms with Crippen LogP contribution in [0.15, 0.2) is 18.2 Å². The number of imidazole rings is 1. The highest BCUT2D eigenvalue weighted by Crippen LogP contribution is 2.23. The van der Waals surface area contributed by atoms with Crippen molar-refractivity contribution in [2.24, 2.45) is 0 Å². The normalized spacial score (nSPS) is 10.7. The Hall–Kier alpha value is -1.75. The van der Waals surface area contributed by atoms with Gasteiger partial charge in [0, 0.05) is 14.1 Å². The van der Waals surface area contributed by atoms with Crippen molar-refractivity contribution in [3.8, 4) is 0 Å². The molecule has 2 heterocycles. The molecule has 0 aliphatic heterocycles. The van der Waals surface area contributed by atoms with Crippen molar-refractivity contribution >= 4 is 28.9 Å². The SMILES string of the molecule is CN(C)c1cccc2c(Cl)nc(C(=O)O)n12. The van der Waals surface area contributed by atoms with Gasteiger partial charge in [-0.1, -0.05) is 17.7 Å². The van der Waals surface area contributed by atoms with Crippen LogP contribution in [0.4, 0.5) is 5.82 Å². The topological polar surface area (TPSA) is 57.8 Å². The second-order valence-corrected chi connectivity index (χ2v) is 3.89. The number of aromatic nitrogens is 2. The first-order valence-electron chi connectivity index (χ1n) is 4.60. The Morgan fingerprint density at radius 2 is 2.19 bits per heavy atom. The average molecular weight is 240 g/mol. The summed E-state index contributed by atoms with van der Waals surface area (Å²) in [7, 11) is 3.66. The second-order valence-electron chi connectivity index (χ2n) is 3.53. The van der Waals surface area contributed by atoms with Crippen LogP contribution in [0.3, 0.4) is 0 Å². The molecule has 2 aromatic rings. The van der Waals surface area contributed by atoms with Gasteiger partial charge in [0.15, 0.2) is 5.15 Å². The Morgan fingerprint density at radius 1 is 1.50 bits per heavy atom. The zero-order valence-electron chi connectivity index (χ0n) is 8.81. The number of nitrogens with zero attached hydrogens (tertiary/aromatic N) is 3. The summed E-state index contributed by atoms with van der Waals surface area (Å²) < 4.78 is 1.52. The van der Waals surface area contributed by atoms with Gasteiger partial charge in [0.1, 0.15) is 5.82 Å². The zero-order valence-corrected chi connectivity index (χ0v) is 9.56. The van der Waals surface area contributed by atoms with E-state index in [-0.39, 0.29) is 11.0 Å². The summed E-state index contributed by atoms with van der Waals surface area (Å²) >= 11 is 5.88. The van der Waals surface area contributed by atoms with Crippen molar-refractivity contribution in [2.75, 3.05) is 19.0 Å². The molecule has 0 spiro atoms. The lowest BCUT2D eigenvalue weighted by Gasteiger charge is -2.15. The van der Waals surface area contributed by atoms with Crippen molar-refractivity contribution in [3.05, 3.63) is 29.2 Å². The predicted molar refractivity (Wildman–Crippen MR) is 61.5 cm³/mol. The summed E-state index contributed by atoms with van der Waals surface area (Å²) in [6, 6.07) is 5.34. The first-order chi connectivity index (χ1) is 7.52. The minimum absolute atomic E-state index is 0.0794. The summed E-state index contributed by atoms with van der Waals surface area (Å²) in [6.45, 7) is 0. The Balaban J connectivity index is 2.88. The molecule has 1 N–H and O–H groups in total. The molecule has 0 atom stereocenters. The van der Waals surface area contributed by atoms with E-state index in [0.717, 1.165) is 0 Å². The number of carboxylic acid groups (broad SMARTS) is 1. The van der Waals surface area contributed by atoms with Crippen LogP contribution < -0.4 is 4.90 Å². The Labute approximate surface area is 96.9 Å². The molecule has 6 heteroatoms. The molecule has 0 radical (unpaired) electrons. The third kappa shape index (κ3) is 1.49. The maximum Gasteiger partial charge on any atom is 0.372 e. The number of hydrogen-bond donors (Lipinski definition) is 1. The molecule has 0 unspecified atom stereocenters. The molecule has 2 rings (SSSR count). The Morgan fingerprint density at radius 3 is 2.75 bits per heavy atom. The fraction of sp³-hybridized carbons (Fsp3) is 0.200. The number of aromatic carboxylic acids is 1. The van der Waals surface area contributed by atoms with E-state index in [9.17, 15) is 4.79 Å². The number of halogens is 1. The van der Waals surface area contributed by atoms with Crippen LogP contribution in [-0.4, -0.2) is 34.6 Å². The minimum Gasteiger partial charge on any atom is -0.475 e. The number of pyridine rings is 1. The number of rotatable bonds is 2. The molecule has 2 aromatic heterocycles. The van der Waals surface area contributed by atoms with E-state index in [1.807, 2.05) is 20.2 Å². The number of hydrogen-bond acceptors (Lipinski definition) is 3. The highest BCUT2D eigenvalue weighted by molar-refractivity contribution is 6.33. The molecular weight excluding hydrogens is 230 g/mol. The van der Waals surface area contributed by atoms with Crippen molar-refractivity contribution < 1.29 is 9.90 Å². The number of carbonyl (C=O) groups is 1. The fourth-order valence-electron chi connectivity index (χ4n) is 1.57. The summed E-state index contributed by atoms with van der Waals surface area (Å²) in [5, 5.41) is 9.24. The summed E-state index contributed by atoms with van der Waals surface area (Å²) in [5.41, 5.74) is 0.588. The van der Waals surface area contributed by atoms with E-state index in [2.05, 4.69) is 4.98 Å². The van der Waals surface area contributed by atoms with E-state index in [1.54, 1.807) is 17.0 Å². The first kappa shape index (κ1) is 10.8. The molecule has 0 aliphatic carbocycles. The lowest BCUT2D eigenvalue weighted by molar-refractivity contribution is 0.0683. The molecular formula is C10H10ClN3O2. The van der Waals surface area contributed by atoms with E-state index >= 15 is 0 Å². The van der Waals surface area contributed by atoms with Crippen LogP contribution in [0.1, 0.15) is 10.6 Å². The smallest absolute Gasteiger partial charge is 0.372 e. The standard InChI is InChI=1S/C10H10ClN3O2/c1-13(2)7-5-3-4-6-8(11)12-9(10(15)16)14(6)7/h3-5H,1-2H3,(H,15,16). The largest absolute Gasteiger partial charge is 0.475 e. The quantitative estimate of drug-likeness (QED) is 0.868. The number of carboxylic acids is 1. The van der Waals surface area contributed by atoms with Crippen molar-refractivity contribution in [1.82, 2.24) is 9.38 Å². The predicted octanol–water partition coefficient (Wildman–Crippen LogP) is 1.75. The fourth-order valence-corrected chi connectivity index (χ4v) is 1.80. The summed E-state index contributed by atoms with van der Waals surface area (Å²) in [6.07, 6.45) is 0. The van der Waals surface area contributed by atoms with Crippen molar-refractivity contribution in [2.45, 2.75) is 0 Å². The molecule has 0 bridgehead atoms. The zero-order chi connectivity index (χ0) is 11.9. The molecule has 84 valence electrons. The Kier molecular flexibility index (Phi) is 2.47. The van der Waals surface area contributed by atoms with E-state index < -0.39 is 5.97 Å². The molecule has 5 nitrogen and oxygen atoms in total. The lowest BCUT2D eigenvalue weighted by Crippen LogP contribution is -2.15. The van der Waals surface area contributed by atoms with Crippen LogP contribution in [0.5, 0.6) is 0 Å². The van der Waals surface area contributed by atoms with E-state index in [0.29, 0.717) is 11.3 Å². The van der Waals surface area contributed by atoms with Crippen molar-refractivity contribution in [3.63, 3.8) is 0 Å². The average Bonchev–Trinajstić information content (AvgIpc) is 2.56. The van der Waals surface area contributed by atoms with Gasteiger partial charge in [0.05, 0.1) is 5.52 Å². The molecule has 0 saturated heterocycles. The van der Waals surface area contributed by atoms with Gasteiger partial charge in [-0.05, 0) is 12.1 Å². The van der Waals surface area contributed by atoms with Crippen LogP contribution in [0.25, 0.3) is 5.52 Å². The number of fused-ring (bicyclic) bond motifs is 1. The summed E-state index contributed by atoms with van der Waals surface area (Å²) in [4.78, 5) is 16.7. The first-order valence-corrected chi connectivity index (χ1v) is 4.97. The minimum atomic E-state index is -1.10. The third-order valence-electron chi connectivity index (χ3n) is 2.25. The molecule has 0 fully saturated rings. The Bertz CT molecular complexity index is 562. The van der Waals surface area contributed by atoms with E-state index in [4.69, 9.17) is 16.7 Å². The van der Waals surface area contributed by atoms with Gasteiger partial charge in [-0.3, -0.25) is 4.40 Å². The van der Waals surface area contributed by atoms with Crippen LogP contribution in [-0.2, 0) is 0 Å². The van der Waals surface area contributed by atoms with E-state index in [1.165, 1.54) is 4.40 Å². The van der Waals surface area contributed by atoms with Crippen LogP contribution in [0.2, 0.25) is 5.15 Å². The highest BCUT2D eigenvalue weighted by atomic mass is 35.5. The lowest BCUT2D eigenvalue weighted by atomic mass is 10.4. The third-order valence-corrected chi connectivity index (χ3v) is 2.52. The van der Waals surface area contributed by atoms with Gasteiger partial charge < -0.3 is 10.0 Å².